The molecular weight excluding hydrogens is 648 g/mol. The molecule has 3 aromatic carbocycles. The lowest BCUT2D eigenvalue weighted by atomic mass is 10.00. The molecule has 3 atom stereocenters. The van der Waals surface area contributed by atoms with Crippen LogP contribution >= 0.6 is 0 Å². The highest BCUT2D eigenvalue weighted by molar-refractivity contribution is 7.89. The largest absolute Gasteiger partial charge is 0.399 e. The van der Waals surface area contributed by atoms with E-state index in [0.717, 1.165) is 28.3 Å². The second-order valence-electron chi connectivity index (χ2n) is 12.0. The fourth-order valence-corrected chi connectivity index (χ4v) is 7.05. The molecule has 5 rings (SSSR count). The predicted octanol–water partition coefficient (Wildman–Crippen LogP) is 2.44. The first-order valence-corrected chi connectivity index (χ1v) is 17.5. The molecule has 14 heteroatoms. The molecule has 1 fully saturated rings. The van der Waals surface area contributed by atoms with E-state index < -0.39 is 58.9 Å². The number of amides is 3. The lowest BCUT2D eigenvalue weighted by Crippen LogP contribution is -2.56. The number of benzene rings is 3. The van der Waals surface area contributed by atoms with Gasteiger partial charge >= 0.3 is 0 Å². The molecule has 1 aliphatic rings. The summed E-state index contributed by atoms with van der Waals surface area (Å²) in [6, 6.07) is 22.6. The van der Waals surface area contributed by atoms with Crippen molar-refractivity contribution in [2.24, 2.45) is 5.73 Å². The second kappa shape index (κ2) is 16.0. The summed E-state index contributed by atoms with van der Waals surface area (Å²) in [6.07, 6.45) is 0.666. The van der Waals surface area contributed by atoms with Crippen LogP contribution in [0.3, 0.4) is 0 Å². The fourth-order valence-electron chi connectivity index (χ4n) is 5.70. The van der Waals surface area contributed by atoms with Gasteiger partial charge in [-0.2, -0.15) is 0 Å². The number of carbonyl (C=O) groups excluding carboxylic acids is 3. The molecule has 3 amide bonds. The topological polar surface area (TPSA) is 207 Å². The Bertz CT molecular complexity index is 1890. The number of primary amides is 1. The third kappa shape index (κ3) is 9.38. The number of aliphatic hydroxyl groups excluding tert-OH is 1. The van der Waals surface area contributed by atoms with Crippen molar-refractivity contribution < 1.29 is 32.7 Å². The zero-order valence-electron chi connectivity index (χ0n) is 26.8. The van der Waals surface area contributed by atoms with Crippen molar-refractivity contribution in [1.29, 1.82) is 0 Å². The van der Waals surface area contributed by atoms with E-state index in [1.807, 2.05) is 18.2 Å². The molecule has 1 aromatic heterocycles. The number of hydroxylamine groups is 1. The molecule has 0 aliphatic heterocycles. The summed E-state index contributed by atoms with van der Waals surface area (Å²) in [5.41, 5.74) is 12.9. The van der Waals surface area contributed by atoms with Gasteiger partial charge in [0.25, 0.3) is 15.9 Å². The maximum absolute atomic E-state index is 13.8. The number of para-hydroxylation sites is 1. The van der Waals surface area contributed by atoms with Gasteiger partial charge < -0.3 is 27.2 Å². The molecular formula is C35H40N6O7S. The van der Waals surface area contributed by atoms with E-state index in [1.54, 1.807) is 48.5 Å². The Morgan fingerprint density at radius 3 is 2.37 bits per heavy atom. The average Bonchev–Trinajstić information content (AvgIpc) is 3.60. The number of nitrogens with two attached hydrogens (primary N) is 2. The number of aliphatic hydroxyl groups is 1. The molecule has 1 aliphatic carbocycles. The van der Waals surface area contributed by atoms with E-state index in [-0.39, 0.29) is 28.8 Å². The number of sulfonamides is 1. The first kappa shape index (κ1) is 35.4. The Balaban J connectivity index is 1.39. The smallest absolute Gasteiger partial charge is 0.270 e. The average molecular weight is 689 g/mol. The van der Waals surface area contributed by atoms with Crippen LogP contribution in [-0.4, -0.2) is 71.5 Å². The maximum Gasteiger partial charge on any atom is 0.270 e. The minimum atomic E-state index is -4.30. The number of pyridine rings is 1. The van der Waals surface area contributed by atoms with Crippen LogP contribution in [0.5, 0.6) is 0 Å². The molecule has 0 bridgehead atoms. The fraction of sp³-hybridized carbons (Fsp3) is 0.314. The standard InChI is InChI=1S/C35H40N6O7S/c36-25-12-8-15-27(20-25)49(46,47)41(48-26-13-5-6-14-26)22-32(42)30(19-23-9-2-1-3-10-23)39-35(45)31(21-33(37)43)40-34(44)29-18-17-24-11-4-7-16-28(24)38-29/h1-4,7-12,15-18,20,26,30-32,42H,5-6,13-14,19,21-22,36H2,(H2,37,43)(H,39,45)(H,40,44). The lowest BCUT2D eigenvalue weighted by molar-refractivity contribution is -0.146. The highest BCUT2D eigenvalue weighted by atomic mass is 32.2. The van der Waals surface area contributed by atoms with Gasteiger partial charge in [0.2, 0.25) is 11.8 Å². The zero-order chi connectivity index (χ0) is 35.0. The van der Waals surface area contributed by atoms with Crippen molar-refractivity contribution in [2.75, 3.05) is 12.3 Å². The van der Waals surface area contributed by atoms with Crippen molar-refractivity contribution >= 4 is 44.3 Å². The molecule has 4 aromatic rings. The molecule has 1 saturated carbocycles. The number of rotatable bonds is 15. The third-order valence-corrected chi connectivity index (χ3v) is 9.90. The summed E-state index contributed by atoms with van der Waals surface area (Å²) in [4.78, 5) is 49.2. The molecule has 1 heterocycles. The van der Waals surface area contributed by atoms with Gasteiger partial charge in [-0.1, -0.05) is 78.0 Å². The maximum atomic E-state index is 13.8. The Morgan fingerprint density at radius 1 is 0.939 bits per heavy atom. The lowest BCUT2D eigenvalue weighted by Gasteiger charge is -2.31. The summed E-state index contributed by atoms with van der Waals surface area (Å²) < 4.78 is 28.4. The van der Waals surface area contributed by atoms with Crippen LogP contribution in [-0.2, 0) is 30.9 Å². The van der Waals surface area contributed by atoms with Crippen LogP contribution in [0.4, 0.5) is 5.69 Å². The van der Waals surface area contributed by atoms with Gasteiger partial charge in [-0.25, -0.2) is 13.4 Å². The van der Waals surface area contributed by atoms with Gasteiger partial charge in [-0.05, 0) is 55.2 Å². The zero-order valence-corrected chi connectivity index (χ0v) is 27.6. The van der Waals surface area contributed by atoms with Crippen LogP contribution in [0.2, 0.25) is 0 Å². The second-order valence-corrected chi connectivity index (χ2v) is 13.9. The van der Waals surface area contributed by atoms with Crippen LogP contribution in [0, 0.1) is 0 Å². The van der Waals surface area contributed by atoms with Gasteiger partial charge in [0, 0.05) is 11.1 Å². The Labute approximate surface area is 284 Å². The summed E-state index contributed by atoms with van der Waals surface area (Å²) >= 11 is 0. The highest BCUT2D eigenvalue weighted by Gasteiger charge is 2.35. The Hall–Kier alpha value is -4.89. The van der Waals surface area contributed by atoms with Gasteiger partial charge in [0.05, 0.1) is 41.6 Å². The number of anilines is 1. The van der Waals surface area contributed by atoms with Gasteiger partial charge in [0.1, 0.15) is 11.7 Å². The third-order valence-electron chi connectivity index (χ3n) is 8.28. The van der Waals surface area contributed by atoms with Crippen molar-refractivity contribution in [1.82, 2.24) is 20.1 Å². The van der Waals surface area contributed by atoms with Crippen molar-refractivity contribution in [3.05, 3.63) is 102 Å². The number of hydrogen-bond acceptors (Lipinski definition) is 9. The molecule has 13 nitrogen and oxygen atoms in total. The number of aromatic nitrogens is 1. The van der Waals surface area contributed by atoms with Crippen molar-refractivity contribution in [3.63, 3.8) is 0 Å². The van der Waals surface area contributed by atoms with E-state index in [1.165, 1.54) is 24.3 Å². The molecule has 0 saturated heterocycles. The Kier molecular flexibility index (Phi) is 11.6. The van der Waals surface area contributed by atoms with Crippen LogP contribution in [0.25, 0.3) is 10.9 Å². The van der Waals surface area contributed by atoms with E-state index >= 15 is 0 Å². The van der Waals surface area contributed by atoms with Gasteiger partial charge in [0.15, 0.2) is 0 Å². The number of nitrogen functional groups attached to an aromatic ring is 1. The number of nitrogens with one attached hydrogen (secondary N) is 2. The number of fused-ring (bicyclic) bond motifs is 1. The van der Waals surface area contributed by atoms with Crippen LogP contribution < -0.4 is 22.1 Å². The van der Waals surface area contributed by atoms with Crippen molar-refractivity contribution in [3.8, 4) is 0 Å². The summed E-state index contributed by atoms with van der Waals surface area (Å²) in [7, 11) is -4.30. The van der Waals surface area contributed by atoms with E-state index in [2.05, 4.69) is 15.6 Å². The van der Waals surface area contributed by atoms with E-state index in [9.17, 15) is 27.9 Å². The van der Waals surface area contributed by atoms with Gasteiger partial charge in [-0.3, -0.25) is 19.2 Å². The summed E-state index contributed by atoms with van der Waals surface area (Å²) in [5.74, 6) is -2.37. The number of carbonyl (C=O) groups is 3. The van der Waals surface area contributed by atoms with Gasteiger partial charge in [-0.15, -0.1) is 0 Å². The number of nitrogens with zero attached hydrogens (tertiary/aromatic N) is 2. The SMILES string of the molecule is NC(=O)CC(NC(=O)c1ccc2ccccc2n1)C(=O)NC(Cc1ccccc1)C(O)CN(OC1CCCC1)S(=O)(=O)c1cccc(N)c1. The number of hydrogen-bond donors (Lipinski definition) is 5. The monoisotopic (exact) mass is 688 g/mol. The van der Waals surface area contributed by atoms with Crippen LogP contribution in [0.15, 0.2) is 95.9 Å². The molecule has 0 spiro atoms. The molecule has 7 N–H and O–H groups in total. The predicted molar refractivity (Wildman–Crippen MR) is 183 cm³/mol. The molecule has 258 valence electrons. The first-order chi connectivity index (χ1) is 23.5. The van der Waals surface area contributed by atoms with Crippen LogP contribution in [0.1, 0.15) is 48.2 Å². The quantitative estimate of drug-likeness (QED) is 0.0917. The molecule has 3 unspecified atom stereocenters. The minimum absolute atomic E-state index is 0.0216. The van der Waals surface area contributed by atoms with Crippen molar-refractivity contribution in [2.45, 2.75) is 67.7 Å². The van der Waals surface area contributed by atoms with E-state index in [4.69, 9.17) is 16.3 Å². The minimum Gasteiger partial charge on any atom is -0.399 e. The summed E-state index contributed by atoms with van der Waals surface area (Å²) in [6.45, 7) is -0.542. The molecule has 49 heavy (non-hydrogen) atoms. The molecule has 0 radical (unpaired) electrons. The summed E-state index contributed by atoms with van der Waals surface area (Å²) in [5, 5.41) is 17.7. The highest BCUT2D eigenvalue weighted by Crippen LogP contribution is 2.27. The Morgan fingerprint density at radius 2 is 1.65 bits per heavy atom. The normalized spacial score (nSPS) is 15.5. The van der Waals surface area contributed by atoms with E-state index in [0.29, 0.717) is 18.4 Å². The first-order valence-electron chi connectivity index (χ1n) is 16.0.